The van der Waals surface area contributed by atoms with Crippen LogP contribution in [-0.2, 0) is 0 Å². The van der Waals surface area contributed by atoms with Crippen LogP contribution in [0.15, 0.2) is 51.2 Å². The van der Waals surface area contributed by atoms with E-state index >= 15 is 0 Å². The Labute approximate surface area is 147 Å². The molecule has 1 amide bonds. The molecule has 0 atom stereocenters. The predicted octanol–water partition coefficient (Wildman–Crippen LogP) is 3.76. The van der Waals surface area contributed by atoms with Crippen LogP contribution < -0.4 is 0 Å². The van der Waals surface area contributed by atoms with Gasteiger partial charge in [0.2, 0.25) is 11.7 Å². The van der Waals surface area contributed by atoms with Crippen LogP contribution in [0.4, 0.5) is 0 Å². The molecule has 3 aromatic rings. The zero-order chi connectivity index (χ0) is 16.5. The maximum atomic E-state index is 12.6. The lowest BCUT2D eigenvalue weighted by Gasteiger charge is -2.37. The van der Waals surface area contributed by atoms with E-state index in [1.165, 1.54) is 0 Å². The molecule has 2 aromatic heterocycles. The molecule has 1 aliphatic rings. The molecular formula is C17H15N3O2S2. The second kappa shape index (κ2) is 6.41. The minimum atomic E-state index is 0.0641. The van der Waals surface area contributed by atoms with E-state index in [-0.39, 0.29) is 11.8 Å². The summed E-state index contributed by atoms with van der Waals surface area (Å²) in [5, 5.41) is 6.02. The second-order valence-corrected chi connectivity index (χ2v) is 7.34. The third kappa shape index (κ3) is 2.74. The number of thioether (sulfide) groups is 1. The molecule has 0 aliphatic carbocycles. The van der Waals surface area contributed by atoms with Gasteiger partial charge in [0.25, 0.3) is 5.91 Å². The van der Waals surface area contributed by atoms with Crippen LogP contribution in [0, 0.1) is 0 Å². The van der Waals surface area contributed by atoms with Gasteiger partial charge in [-0.1, -0.05) is 23.4 Å². The van der Waals surface area contributed by atoms with Crippen molar-refractivity contribution in [1.29, 1.82) is 0 Å². The van der Waals surface area contributed by atoms with Crippen molar-refractivity contribution in [1.82, 2.24) is 15.0 Å². The Kier molecular flexibility index (Phi) is 4.12. The Balaban J connectivity index is 1.44. The minimum Gasteiger partial charge on any atom is -0.339 e. The molecule has 0 unspecified atom stereocenters. The smallest absolute Gasteiger partial charge is 0.255 e. The number of amides is 1. The first-order valence-corrected chi connectivity index (χ1v) is 9.66. The summed E-state index contributed by atoms with van der Waals surface area (Å²) in [6, 6.07) is 11.6. The lowest BCUT2D eigenvalue weighted by molar-refractivity contribution is 0.0565. The van der Waals surface area contributed by atoms with Gasteiger partial charge in [-0.05, 0) is 29.8 Å². The number of likely N-dealkylation sites (tertiary alicyclic amines) is 1. The first kappa shape index (κ1) is 15.4. The molecule has 0 saturated carbocycles. The van der Waals surface area contributed by atoms with E-state index in [2.05, 4.69) is 10.1 Å². The summed E-state index contributed by atoms with van der Waals surface area (Å²) in [4.78, 5) is 20.9. The number of hydrogen-bond donors (Lipinski definition) is 0. The quantitative estimate of drug-likeness (QED) is 0.666. The average molecular weight is 357 g/mol. The van der Waals surface area contributed by atoms with Crippen molar-refractivity contribution >= 4 is 29.0 Å². The number of rotatable bonds is 4. The van der Waals surface area contributed by atoms with E-state index in [9.17, 15) is 4.79 Å². The third-order valence-corrected chi connectivity index (χ3v) is 5.70. The van der Waals surface area contributed by atoms with Gasteiger partial charge in [0.15, 0.2) is 0 Å². The average Bonchev–Trinajstić information content (AvgIpc) is 3.24. The maximum absolute atomic E-state index is 12.6. The predicted molar refractivity (Wildman–Crippen MR) is 94.5 cm³/mol. The molecule has 1 fully saturated rings. The van der Waals surface area contributed by atoms with Crippen molar-refractivity contribution in [3.8, 4) is 10.7 Å². The lowest BCUT2D eigenvalue weighted by atomic mass is 9.99. The highest BCUT2D eigenvalue weighted by Gasteiger charge is 2.36. The second-order valence-electron chi connectivity index (χ2n) is 5.54. The molecule has 5 nitrogen and oxygen atoms in total. The molecule has 4 rings (SSSR count). The van der Waals surface area contributed by atoms with Crippen LogP contribution in [0.5, 0.6) is 0 Å². The van der Waals surface area contributed by atoms with Crippen molar-refractivity contribution in [3.05, 3.63) is 53.2 Å². The molecule has 0 N–H and O–H groups in total. The molecule has 0 spiro atoms. The number of nitrogens with zero attached hydrogens (tertiary/aromatic N) is 3. The van der Waals surface area contributed by atoms with Crippen LogP contribution in [0.2, 0.25) is 0 Å². The van der Waals surface area contributed by atoms with Crippen molar-refractivity contribution in [2.24, 2.45) is 0 Å². The van der Waals surface area contributed by atoms with Gasteiger partial charge in [0.1, 0.15) is 0 Å². The summed E-state index contributed by atoms with van der Waals surface area (Å²) in [5.74, 6) is 1.42. The van der Waals surface area contributed by atoms with Crippen molar-refractivity contribution in [3.63, 3.8) is 0 Å². The normalized spacial score (nSPS) is 14.6. The van der Waals surface area contributed by atoms with E-state index < -0.39 is 0 Å². The van der Waals surface area contributed by atoms with Crippen LogP contribution in [0.25, 0.3) is 10.7 Å². The highest BCUT2D eigenvalue weighted by atomic mass is 32.2. The molecule has 1 saturated heterocycles. The van der Waals surface area contributed by atoms with Crippen LogP contribution in [-0.4, -0.2) is 40.3 Å². The molecular weight excluding hydrogens is 342 g/mol. The fourth-order valence-corrected chi connectivity index (χ4v) is 3.94. The Bertz CT molecular complexity index is 854. The Morgan fingerprint density at radius 1 is 1.29 bits per heavy atom. The number of carbonyl (C=O) groups is 1. The molecule has 3 heterocycles. The maximum Gasteiger partial charge on any atom is 0.255 e. The summed E-state index contributed by atoms with van der Waals surface area (Å²) in [7, 11) is 0. The van der Waals surface area contributed by atoms with Gasteiger partial charge in [-0.3, -0.25) is 4.79 Å². The zero-order valence-electron chi connectivity index (χ0n) is 13.0. The van der Waals surface area contributed by atoms with Gasteiger partial charge >= 0.3 is 0 Å². The summed E-state index contributed by atoms with van der Waals surface area (Å²) in [5.41, 5.74) is 0.758. The van der Waals surface area contributed by atoms with Gasteiger partial charge in [-0.25, -0.2) is 0 Å². The van der Waals surface area contributed by atoms with Gasteiger partial charge < -0.3 is 9.42 Å². The summed E-state index contributed by atoms with van der Waals surface area (Å²) in [6.07, 6.45) is 1.98. The van der Waals surface area contributed by atoms with Crippen molar-refractivity contribution in [2.45, 2.75) is 10.8 Å². The molecule has 1 aromatic carbocycles. The summed E-state index contributed by atoms with van der Waals surface area (Å²) in [6.45, 7) is 1.24. The van der Waals surface area contributed by atoms with Crippen LogP contribution >= 0.6 is 23.1 Å². The van der Waals surface area contributed by atoms with E-state index in [0.29, 0.717) is 24.8 Å². The van der Waals surface area contributed by atoms with Crippen LogP contribution in [0.3, 0.4) is 0 Å². The van der Waals surface area contributed by atoms with Crippen LogP contribution in [0.1, 0.15) is 22.2 Å². The molecule has 122 valence electrons. The van der Waals surface area contributed by atoms with E-state index in [4.69, 9.17) is 4.52 Å². The number of benzene rings is 1. The largest absolute Gasteiger partial charge is 0.339 e. The minimum absolute atomic E-state index is 0.0641. The first-order valence-electron chi connectivity index (χ1n) is 7.56. The van der Waals surface area contributed by atoms with Gasteiger partial charge in [0, 0.05) is 18.0 Å². The van der Waals surface area contributed by atoms with E-state index in [1.54, 1.807) is 23.1 Å². The summed E-state index contributed by atoms with van der Waals surface area (Å²) >= 11 is 3.17. The number of aromatic nitrogens is 2. The molecule has 24 heavy (non-hydrogen) atoms. The van der Waals surface area contributed by atoms with Gasteiger partial charge in [-0.15, -0.1) is 23.1 Å². The zero-order valence-corrected chi connectivity index (χ0v) is 14.6. The highest BCUT2D eigenvalue weighted by molar-refractivity contribution is 7.98. The van der Waals surface area contributed by atoms with Gasteiger partial charge in [0.05, 0.1) is 16.4 Å². The van der Waals surface area contributed by atoms with Gasteiger partial charge in [-0.2, -0.15) is 4.98 Å². The fourth-order valence-electron chi connectivity index (χ4n) is 2.70. The molecule has 1 aliphatic heterocycles. The molecule has 0 radical (unpaired) electrons. The first-order chi connectivity index (χ1) is 11.8. The van der Waals surface area contributed by atoms with Crippen molar-refractivity contribution in [2.75, 3.05) is 19.3 Å². The number of carbonyl (C=O) groups excluding carboxylic acids is 1. The van der Waals surface area contributed by atoms with E-state index in [0.717, 1.165) is 15.3 Å². The topological polar surface area (TPSA) is 59.2 Å². The van der Waals surface area contributed by atoms with E-state index in [1.807, 2.05) is 52.9 Å². The third-order valence-electron chi connectivity index (χ3n) is 4.04. The lowest BCUT2D eigenvalue weighted by Crippen LogP contribution is -2.48. The fraction of sp³-hybridized carbons (Fsp3) is 0.235. The Morgan fingerprint density at radius 2 is 2.12 bits per heavy atom. The summed E-state index contributed by atoms with van der Waals surface area (Å²) < 4.78 is 5.37. The Morgan fingerprint density at radius 3 is 2.88 bits per heavy atom. The van der Waals surface area contributed by atoms with Crippen molar-refractivity contribution < 1.29 is 9.32 Å². The molecule has 7 heteroatoms. The Hall–Kier alpha value is -2.12. The number of hydrogen-bond acceptors (Lipinski definition) is 6. The molecule has 0 bridgehead atoms. The standard InChI is InChI=1S/C17H15N3O2S2/c1-23-13-6-3-2-5-12(13)17(21)20-9-11(10-20)16-18-15(19-22-16)14-7-4-8-24-14/h2-8,11H,9-10H2,1H3. The number of thiophene rings is 1. The highest BCUT2D eigenvalue weighted by Crippen LogP contribution is 2.31. The monoisotopic (exact) mass is 357 g/mol. The SMILES string of the molecule is CSc1ccccc1C(=O)N1CC(c2nc(-c3cccs3)no2)C1.